The Kier molecular flexibility index (Phi) is 6.66. The quantitative estimate of drug-likeness (QED) is 0.398. The summed E-state index contributed by atoms with van der Waals surface area (Å²) in [6.45, 7) is 5.70. The van der Waals surface area contributed by atoms with Gasteiger partial charge in [-0.3, -0.25) is 14.9 Å². The van der Waals surface area contributed by atoms with Gasteiger partial charge in [0.15, 0.2) is 10.9 Å². The Morgan fingerprint density at radius 2 is 2.11 bits per heavy atom. The lowest BCUT2D eigenvalue weighted by atomic mass is 10.2. The Bertz CT molecular complexity index is 880. The van der Waals surface area contributed by atoms with Gasteiger partial charge in [-0.2, -0.15) is 5.10 Å². The molecule has 0 unspecified atom stereocenters. The van der Waals surface area contributed by atoms with Crippen molar-refractivity contribution in [1.82, 2.24) is 10.4 Å². The van der Waals surface area contributed by atoms with Crippen LogP contribution in [0.4, 0.5) is 10.8 Å². The Morgan fingerprint density at radius 3 is 2.67 bits per heavy atom. The van der Waals surface area contributed by atoms with Gasteiger partial charge in [-0.1, -0.05) is 11.3 Å². The predicted molar refractivity (Wildman–Crippen MR) is 102 cm³/mol. The molecule has 2 rings (SSSR count). The van der Waals surface area contributed by atoms with Crippen molar-refractivity contribution in [3.05, 3.63) is 38.4 Å². The van der Waals surface area contributed by atoms with Crippen molar-refractivity contribution in [1.29, 1.82) is 0 Å². The molecule has 0 atom stereocenters. The molecule has 10 nitrogen and oxygen atoms in total. The third kappa shape index (κ3) is 4.91. The lowest BCUT2D eigenvalue weighted by Gasteiger charge is -2.11. The average molecular weight is 393 g/mol. The van der Waals surface area contributed by atoms with Crippen LogP contribution in [0.15, 0.2) is 17.2 Å². The number of nitrogens with one attached hydrogen (secondary N) is 1. The second kappa shape index (κ2) is 8.94. The van der Waals surface area contributed by atoms with Crippen LogP contribution < -0.4 is 20.6 Å². The van der Waals surface area contributed by atoms with E-state index < -0.39 is 10.8 Å². The number of rotatable bonds is 8. The molecule has 1 amide bonds. The molecule has 0 saturated carbocycles. The molecule has 1 aromatic heterocycles. The molecule has 0 fully saturated rings. The van der Waals surface area contributed by atoms with Crippen molar-refractivity contribution in [2.75, 3.05) is 18.9 Å². The maximum atomic E-state index is 12.1. The van der Waals surface area contributed by atoms with E-state index in [0.29, 0.717) is 22.7 Å². The molecular formula is C16H19N5O5S. The number of ether oxygens (including phenoxy) is 2. The Hall–Kier alpha value is -3.21. The zero-order valence-electron chi connectivity index (χ0n) is 15.0. The molecule has 1 aromatic carbocycles. The molecule has 3 N–H and O–H groups in total. The van der Waals surface area contributed by atoms with Crippen molar-refractivity contribution in [2.24, 2.45) is 5.10 Å². The molecule has 2 aromatic rings. The van der Waals surface area contributed by atoms with E-state index in [1.165, 1.54) is 12.3 Å². The number of aryl methyl sites for hydroxylation is 1. The number of nitrogens with zero attached hydrogens (tertiary/aromatic N) is 3. The van der Waals surface area contributed by atoms with Gasteiger partial charge in [0.2, 0.25) is 5.75 Å². The highest BCUT2D eigenvalue weighted by Gasteiger charge is 2.22. The van der Waals surface area contributed by atoms with Gasteiger partial charge in [0.05, 0.1) is 30.0 Å². The molecule has 0 aliphatic heterocycles. The van der Waals surface area contributed by atoms with Crippen LogP contribution in [-0.4, -0.2) is 35.2 Å². The third-order valence-corrected chi connectivity index (χ3v) is 4.23. The zero-order valence-corrected chi connectivity index (χ0v) is 15.8. The number of aromatic nitrogens is 1. The number of nitrogen functional groups attached to an aromatic ring is 1. The van der Waals surface area contributed by atoms with Crippen molar-refractivity contribution < 1.29 is 19.2 Å². The molecule has 0 saturated heterocycles. The summed E-state index contributed by atoms with van der Waals surface area (Å²) in [4.78, 5) is 27.2. The van der Waals surface area contributed by atoms with Crippen LogP contribution in [0, 0.1) is 17.0 Å². The zero-order chi connectivity index (χ0) is 20.0. The van der Waals surface area contributed by atoms with Crippen LogP contribution >= 0.6 is 11.3 Å². The maximum Gasteiger partial charge on any atom is 0.315 e. The first-order valence-electron chi connectivity index (χ1n) is 8.01. The van der Waals surface area contributed by atoms with E-state index >= 15 is 0 Å². The lowest BCUT2D eigenvalue weighted by molar-refractivity contribution is -0.385. The number of thiazole rings is 1. The van der Waals surface area contributed by atoms with Gasteiger partial charge in [0.1, 0.15) is 4.88 Å². The van der Waals surface area contributed by atoms with Gasteiger partial charge >= 0.3 is 5.69 Å². The van der Waals surface area contributed by atoms with Crippen molar-refractivity contribution in [2.45, 2.75) is 20.8 Å². The monoisotopic (exact) mass is 393 g/mol. The highest BCUT2D eigenvalue weighted by atomic mass is 32.1. The SMILES string of the molecule is CCOc1cc(/C=N\NC(=O)c2sc(N)nc2C)cc([N+](=O)[O-])c1OCC. The van der Waals surface area contributed by atoms with E-state index in [2.05, 4.69) is 15.5 Å². The standard InChI is InChI=1S/C16H19N5O5S/c1-4-25-12-7-10(6-11(21(23)24)13(12)26-5-2)8-18-20-15(22)14-9(3)19-16(17)27-14/h6-8H,4-5H2,1-3H3,(H2,17,19)(H,20,22)/b18-8-. The number of amides is 1. The number of nitrogens with two attached hydrogens (primary N) is 1. The fraction of sp³-hybridized carbons (Fsp3) is 0.312. The summed E-state index contributed by atoms with van der Waals surface area (Å²) in [5.41, 5.74) is 8.53. The molecule has 27 heavy (non-hydrogen) atoms. The molecule has 1 heterocycles. The highest BCUT2D eigenvalue weighted by Crippen LogP contribution is 2.38. The summed E-state index contributed by atoms with van der Waals surface area (Å²) in [7, 11) is 0. The third-order valence-electron chi connectivity index (χ3n) is 3.24. The van der Waals surface area contributed by atoms with E-state index in [1.54, 1.807) is 26.8 Å². The topological polar surface area (TPSA) is 142 Å². The van der Waals surface area contributed by atoms with Crippen LogP contribution in [0.3, 0.4) is 0 Å². The summed E-state index contributed by atoms with van der Waals surface area (Å²) in [6, 6.07) is 2.84. The van der Waals surface area contributed by atoms with Gasteiger partial charge in [-0.15, -0.1) is 0 Å². The normalized spacial score (nSPS) is 10.8. The fourth-order valence-electron chi connectivity index (χ4n) is 2.21. The number of hydrogen-bond acceptors (Lipinski definition) is 9. The lowest BCUT2D eigenvalue weighted by Crippen LogP contribution is -2.17. The van der Waals surface area contributed by atoms with Crippen molar-refractivity contribution in [3.8, 4) is 11.5 Å². The first-order chi connectivity index (χ1) is 12.9. The first kappa shape index (κ1) is 20.1. The van der Waals surface area contributed by atoms with E-state index in [9.17, 15) is 14.9 Å². The highest BCUT2D eigenvalue weighted by molar-refractivity contribution is 7.17. The van der Waals surface area contributed by atoms with Crippen LogP contribution in [0.2, 0.25) is 0 Å². The number of nitro groups is 1. The molecule has 0 radical (unpaired) electrons. The molecule has 11 heteroatoms. The minimum Gasteiger partial charge on any atom is -0.490 e. The van der Waals surface area contributed by atoms with Crippen molar-refractivity contribution in [3.63, 3.8) is 0 Å². The number of anilines is 1. The van der Waals surface area contributed by atoms with E-state index in [4.69, 9.17) is 15.2 Å². The van der Waals surface area contributed by atoms with Crippen LogP contribution in [0.25, 0.3) is 0 Å². The van der Waals surface area contributed by atoms with Gasteiger partial charge in [-0.05, 0) is 26.8 Å². The summed E-state index contributed by atoms with van der Waals surface area (Å²) >= 11 is 1.05. The Balaban J connectivity index is 2.26. The molecular weight excluding hydrogens is 374 g/mol. The minimum absolute atomic E-state index is 0.0568. The second-order valence-electron chi connectivity index (χ2n) is 5.16. The number of hydrazone groups is 1. The predicted octanol–water partition coefficient (Wildman–Crippen LogP) is 2.50. The van der Waals surface area contributed by atoms with Gasteiger partial charge in [0, 0.05) is 11.6 Å². The number of carbonyl (C=O) groups excluding carboxylic acids is 1. The maximum absolute atomic E-state index is 12.1. The first-order valence-corrected chi connectivity index (χ1v) is 8.83. The molecule has 0 bridgehead atoms. The van der Waals surface area contributed by atoms with Gasteiger partial charge < -0.3 is 15.2 Å². The van der Waals surface area contributed by atoms with Crippen LogP contribution in [0.1, 0.15) is 34.8 Å². The van der Waals surface area contributed by atoms with Crippen molar-refractivity contribution >= 4 is 34.3 Å². The molecule has 0 spiro atoms. The molecule has 0 aliphatic rings. The average Bonchev–Trinajstić information content (AvgIpc) is 2.95. The molecule has 0 aliphatic carbocycles. The summed E-state index contributed by atoms with van der Waals surface area (Å²) in [6.07, 6.45) is 1.28. The number of hydrogen-bond donors (Lipinski definition) is 2. The Labute approximate surface area is 159 Å². The second-order valence-corrected chi connectivity index (χ2v) is 6.19. The number of carbonyl (C=O) groups is 1. The number of nitro benzene ring substituents is 1. The number of benzene rings is 1. The van der Waals surface area contributed by atoms with E-state index in [0.717, 1.165) is 11.3 Å². The van der Waals surface area contributed by atoms with Gasteiger partial charge in [0.25, 0.3) is 5.91 Å². The summed E-state index contributed by atoms with van der Waals surface area (Å²) < 4.78 is 10.8. The van der Waals surface area contributed by atoms with E-state index in [-0.39, 0.29) is 28.9 Å². The summed E-state index contributed by atoms with van der Waals surface area (Å²) in [5.74, 6) is -0.183. The molecule has 144 valence electrons. The van der Waals surface area contributed by atoms with E-state index in [1.807, 2.05) is 0 Å². The minimum atomic E-state index is -0.563. The largest absolute Gasteiger partial charge is 0.490 e. The van der Waals surface area contributed by atoms with Crippen LogP contribution in [-0.2, 0) is 0 Å². The Morgan fingerprint density at radius 1 is 1.41 bits per heavy atom. The smallest absolute Gasteiger partial charge is 0.315 e. The fourth-order valence-corrected chi connectivity index (χ4v) is 2.94. The summed E-state index contributed by atoms with van der Waals surface area (Å²) in [5, 5.41) is 15.5. The van der Waals surface area contributed by atoms with Gasteiger partial charge in [-0.25, -0.2) is 10.4 Å². The van der Waals surface area contributed by atoms with Crippen LogP contribution in [0.5, 0.6) is 11.5 Å².